The highest BCUT2D eigenvalue weighted by Crippen LogP contribution is 2.50. The molecule has 1 aromatic rings. The van der Waals surface area contributed by atoms with Gasteiger partial charge >= 0.3 is 12.3 Å². The highest BCUT2D eigenvalue weighted by Gasteiger charge is 2.50. The molecule has 1 spiro atoms. The molecule has 24 heavy (non-hydrogen) atoms. The molecule has 0 radical (unpaired) electrons. The normalized spacial score (nSPS) is 19.4. The minimum Gasteiger partial charge on any atom is -0.444 e. The van der Waals surface area contributed by atoms with Crippen LogP contribution in [0.2, 0.25) is 0 Å². The minimum atomic E-state index is -4.31. The summed E-state index contributed by atoms with van der Waals surface area (Å²) in [4.78, 5) is 13.6. The molecule has 1 saturated heterocycles. The second-order valence-corrected chi connectivity index (χ2v) is 7.62. The lowest BCUT2D eigenvalue weighted by molar-refractivity contribution is -0.137. The van der Waals surface area contributed by atoms with Crippen molar-refractivity contribution in [1.29, 1.82) is 0 Å². The van der Waals surface area contributed by atoms with Gasteiger partial charge < -0.3 is 9.64 Å². The zero-order chi connectivity index (χ0) is 17.8. The third-order valence-electron chi connectivity index (χ3n) is 4.27. The predicted molar refractivity (Wildman–Crippen MR) is 84.3 cm³/mol. The van der Waals surface area contributed by atoms with Gasteiger partial charge in [0.1, 0.15) is 5.60 Å². The van der Waals surface area contributed by atoms with Gasteiger partial charge in [0.15, 0.2) is 0 Å². The summed E-state index contributed by atoms with van der Waals surface area (Å²) in [6.07, 6.45) is -1.78. The average Bonchev–Trinajstić information content (AvgIpc) is 2.32. The maximum atomic E-state index is 12.6. The molecule has 3 nitrogen and oxygen atoms in total. The van der Waals surface area contributed by atoms with Crippen LogP contribution in [0.4, 0.5) is 18.0 Å². The van der Waals surface area contributed by atoms with Gasteiger partial charge in [0.25, 0.3) is 0 Å². The smallest absolute Gasteiger partial charge is 0.416 e. The Morgan fingerprint density at radius 3 is 2.12 bits per heavy atom. The summed E-state index contributed by atoms with van der Waals surface area (Å²) < 4.78 is 43.0. The molecule has 0 saturated carbocycles. The SMILES string of the molecule is CC(C)(C)OC(=O)N1CC2(C=C(c3ccc(C(F)(F)F)cc3)C2)C1. The van der Waals surface area contributed by atoms with Gasteiger partial charge in [0.2, 0.25) is 0 Å². The van der Waals surface area contributed by atoms with E-state index in [-0.39, 0.29) is 11.5 Å². The van der Waals surface area contributed by atoms with Gasteiger partial charge in [-0.15, -0.1) is 0 Å². The molecule has 1 aromatic carbocycles. The van der Waals surface area contributed by atoms with Gasteiger partial charge in [-0.25, -0.2) is 4.79 Å². The summed E-state index contributed by atoms with van der Waals surface area (Å²) in [5.74, 6) is 0. The number of benzene rings is 1. The summed E-state index contributed by atoms with van der Waals surface area (Å²) in [5, 5.41) is 0. The number of hydrogen-bond acceptors (Lipinski definition) is 2. The van der Waals surface area contributed by atoms with Crippen LogP contribution < -0.4 is 0 Å². The van der Waals surface area contributed by atoms with Crippen LogP contribution in [0.15, 0.2) is 30.3 Å². The topological polar surface area (TPSA) is 29.5 Å². The fourth-order valence-corrected chi connectivity index (χ4v) is 3.15. The molecule has 130 valence electrons. The molecule has 6 heteroatoms. The molecular weight excluding hydrogens is 319 g/mol. The van der Waals surface area contributed by atoms with E-state index in [1.165, 1.54) is 12.1 Å². The number of nitrogens with zero attached hydrogens (tertiary/aromatic N) is 1. The van der Waals surface area contributed by atoms with Gasteiger partial charge in [0, 0.05) is 18.5 Å². The number of likely N-dealkylation sites (tertiary alicyclic amines) is 1. The highest BCUT2D eigenvalue weighted by molar-refractivity contribution is 5.76. The second-order valence-electron chi connectivity index (χ2n) is 7.62. The number of rotatable bonds is 1. The number of allylic oxidation sites excluding steroid dienone is 1. The van der Waals surface area contributed by atoms with Crippen LogP contribution in [0.1, 0.15) is 38.3 Å². The molecular formula is C18H20F3NO2. The molecule has 1 aliphatic heterocycles. The molecule has 1 fully saturated rings. The number of alkyl halides is 3. The molecule has 2 aliphatic rings. The predicted octanol–water partition coefficient (Wildman–Crippen LogP) is 4.73. The van der Waals surface area contributed by atoms with Gasteiger partial charge in [-0.05, 0) is 50.5 Å². The standard InChI is InChI=1S/C18H20F3NO2/c1-16(2,3)24-15(23)22-10-17(11-22)8-13(9-17)12-4-6-14(7-5-12)18(19,20)21/h4-8H,9-11H2,1-3H3. The van der Waals surface area contributed by atoms with E-state index in [9.17, 15) is 18.0 Å². The summed E-state index contributed by atoms with van der Waals surface area (Å²) in [7, 11) is 0. The Hall–Kier alpha value is -1.98. The maximum Gasteiger partial charge on any atom is 0.416 e. The Bertz CT molecular complexity index is 678. The van der Waals surface area contributed by atoms with Crippen molar-refractivity contribution in [2.75, 3.05) is 13.1 Å². The van der Waals surface area contributed by atoms with Crippen molar-refractivity contribution in [3.63, 3.8) is 0 Å². The summed E-state index contributed by atoms with van der Waals surface area (Å²) in [6.45, 7) is 6.68. The van der Waals surface area contributed by atoms with Crippen LogP contribution in [-0.2, 0) is 10.9 Å². The van der Waals surface area contributed by atoms with Gasteiger partial charge in [-0.1, -0.05) is 18.2 Å². The fraction of sp³-hybridized carbons (Fsp3) is 0.500. The number of carbonyl (C=O) groups excluding carboxylic acids is 1. The van der Waals surface area contributed by atoms with Gasteiger partial charge in [0.05, 0.1) is 5.56 Å². The van der Waals surface area contributed by atoms with Crippen LogP contribution in [0, 0.1) is 5.41 Å². The Morgan fingerprint density at radius 1 is 1.12 bits per heavy atom. The third kappa shape index (κ3) is 3.28. The Balaban J connectivity index is 1.59. The average molecular weight is 339 g/mol. The van der Waals surface area contributed by atoms with Crippen molar-refractivity contribution < 1.29 is 22.7 Å². The molecule has 0 bridgehead atoms. The molecule has 1 aliphatic carbocycles. The van der Waals surface area contributed by atoms with E-state index >= 15 is 0 Å². The summed E-state index contributed by atoms with van der Waals surface area (Å²) in [6, 6.07) is 5.22. The lowest BCUT2D eigenvalue weighted by atomic mass is 9.64. The minimum absolute atomic E-state index is 0.0328. The molecule has 0 aromatic heterocycles. The molecule has 0 unspecified atom stereocenters. The first-order valence-corrected chi connectivity index (χ1v) is 7.85. The highest BCUT2D eigenvalue weighted by atomic mass is 19.4. The number of carbonyl (C=O) groups is 1. The molecule has 0 atom stereocenters. The Labute approximate surface area is 139 Å². The van der Waals surface area contributed by atoms with Crippen LogP contribution in [0.5, 0.6) is 0 Å². The number of halogens is 3. The first-order chi connectivity index (χ1) is 11.0. The molecule has 3 rings (SSSR count). The largest absolute Gasteiger partial charge is 0.444 e. The van der Waals surface area contributed by atoms with Crippen molar-refractivity contribution in [3.8, 4) is 0 Å². The zero-order valence-corrected chi connectivity index (χ0v) is 13.9. The van der Waals surface area contributed by atoms with Crippen LogP contribution >= 0.6 is 0 Å². The molecule has 0 N–H and O–H groups in total. The molecule has 1 amide bonds. The van der Waals surface area contributed by atoms with E-state index in [1.54, 1.807) is 4.90 Å². The fourth-order valence-electron chi connectivity index (χ4n) is 3.15. The second kappa shape index (κ2) is 5.26. The molecule has 1 heterocycles. The van der Waals surface area contributed by atoms with E-state index in [0.29, 0.717) is 13.1 Å². The van der Waals surface area contributed by atoms with E-state index in [2.05, 4.69) is 6.08 Å². The number of ether oxygens (including phenoxy) is 1. The van der Waals surface area contributed by atoms with Crippen molar-refractivity contribution in [2.45, 2.75) is 39.0 Å². The number of amides is 1. The van der Waals surface area contributed by atoms with Gasteiger partial charge in [-0.3, -0.25) is 0 Å². The van der Waals surface area contributed by atoms with Crippen LogP contribution in [0.3, 0.4) is 0 Å². The Kier molecular flexibility index (Phi) is 3.70. The maximum absolute atomic E-state index is 12.6. The van der Waals surface area contributed by atoms with Crippen LogP contribution in [0.25, 0.3) is 5.57 Å². The van der Waals surface area contributed by atoms with E-state index in [4.69, 9.17) is 4.74 Å². The third-order valence-corrected chi connectivity index (χ3v) is 4.27. The van der Waals surface area contributed by atoms with Crippen molar-refractivity contribution >= 4 is 11.7 Å². The van der Waals surface area contributed by atoms with Crippen molar-refractivity contribution in [2.24, 2.45) is 5.41 Å². The van der Waals surface area contributed by atoms with Crippen LogP contribution in [-0.4, -0.2) is 29.7 Å². The van der Waals surface area contributed by atoms with E-state index in [1.807, 2.05) is 20.8 Å². The first-order valence-electron chi connectivity index (χ1n) is 7.85. The summed E-state index contributed by atoms with van der Waals surface area (Å²) in [5.41, 5.74) is 0.660. The van der Waals surface area contributed by atoms with E-state index in [0.717, 1.165) is 29.7 Å². The summed E-state index contributed by atoms with van der Waals surface area (Å²) >= 11 is 0. The first kappa shape index (κ1) is 16.9. The Morgan fingerprint density at radius 2 is 1.67 bits per heavy atom. The van der Waals surface area contributed by atoms with Gasteiger partial charge in [-0.2, -0.15) is 13.2 Å². The zero-order valence-electron chi connectivity index (χ0n) is 13.9. The van der Waals surface area contributed by atoms with Crippen molar-refractivity contribution in [1.82, 2.24) is 4.90 Å². The quantitative estimate of drug-likeness (QED) is 0.740. The monoisotopic (exact) mass is 339 g/mol. The lowest BCUT2D eigenvalue weighted by Crippen LogP contribution is -2.60. The lowest BCUT2D eigenvalue weighted by Gasteiger charge is -2.53. The van der Waals surface area contributed by atoms with Crippen molar-refractivity contribution in [3.05, 3.63) is 41.5 Å². The number of hydrogen-bond donors (Lipinski definition) is 0. The van der Waals surface area contributed by atoms with E-state index < -0.39 is 17.3 Å².